The highest BCUT2D eigenvalue weighted by molar-refractivity contribution is 9.10. The highest BCUT2D eigenvalue weighted by atomic mass is 79.9. The fourth-order valence-electron chi connectivity index (χ4n) is 2.62. The molecule has 2 N–H and O–H groups in total. The third kappa shape index (κ3) is 4.56. The number of nitrogens with zero attached hydrogens (tertiary/aromatic N) is 1. The second-order valence-electron chi connectivity index (χ2n) is 5.28. The van der Waals surface area contributed by atoms with Crippen LogP contribution in [0.4, 0.5) is 0 Å². The number of hydrogen-bond donors (Lipinski definition) is 2. The lowest BCUT2D eigenvalue weighted by Gasteiger charge is -2.16. The van der Waals surface area contributed by atoms with Gasteiger partial charge in [-0.1, -0.05) is 35.0 Å². The molecule has 0 spiro atoms. The first-order chi connectivity index (χ1) is 9.19. The summed E-state index contributed by atoms with van der Waals surface area (Å²) in [5, 5.41) is 13.5. The predicted molar refractivity (Wildman–Crippen MR) is 82.2 cm³/mol. The molecule has 1 aliphatic heterocycles. The van der Waals surface area contributed by atoms with Gasteiger partial charge in [0.15, 0.2) is 0 Å². The number of nitrogens with one attached hydrogen (secondary N) is 1. The Morgan fingerprint density at radius 2 is 2.37 bits per heavy atom. The largest absolute Gasteiger partial charge is 0.387 e. The number of aliphatic hydroxyl groups excluding tert-OH is 1. The normalized spacial score (nSPS) is 21.7. The van der Waals surface area contributed by atoms with E-state index >= 15 is 0 Å². The van der Waals surface area contributed by atoms with Crippen LogP contribution in [0, 0.1) is 5.92 Å². The minimum Gasteiger partial charge on any atom is -0.387 e. The molecule has 0 saturated carbocycles. The number of likely N-dealkylation sites (tertiary alicyclic amines) is 1. The van der Waals surface area contributed by atoms with Crippen molar-refractivity contribution in [2.45, 2.75) is 19.4 Å². The Kier molecular flexibility index (Phi) is 5.82. The summed E-state index contributed by atoms with van der Waals surface area (Å²) in [5.41, 5.74) is 0.962. The Morgan fingerprint density at radius 1 is 1.53 bits per heavy atom. The van der Waals surface area contributed by atoms with Crippen LogP contribution < -0.4 is 5.32 Å². The zero-order valence-electron chi connectivity index (χ0n) is 11.5. The molecule has 4 heteroatoms. The fraction of sp³-hybridized carbons (Fsp3) is 0.600. The molecule has 19 heavy (non-hydrogen) atoms. The van der Waals surface area contributed by atoms with Crippen LogP contribution in [0.5, 0.6) is 0 Å². The highest BCUT2D eigenvalue weighted by Gasteiger charge is 2.20. The molecule has 106 valence electrons. The molecule has 0 amide bonds. The third-order valence-electron chi connectivity index (χ3n) is 3.82. The zero-order chi connectivity index (χ0) is 13.7. The molecule has 1 aromatic carbocycles. The van der Waals surface area contributed by atoms with Crippen molar-refractivity contribution >= 4 is 15.9 Å². The van der Waals surface area contributed by atoms with Crippen LogP contribution in [0.3, 0.4) is 0 Å². The van der Waals surface area contributed by atoms with E-state index in [9.17, 15) is 5.11 Å². The molecule has 1 saturated heterocycles. The lowest BCUT2D eigenvalue weighted by molar-refractivity contribution is 0.172. The van der Waals surface area contributed by atoms with Gasteiger partial charge in [-0.25, -0.2) is 0 Å². The number of rotatable bonds is 6. The Morgan fingerprint density at radius 3 is 3.05 bits per heavy atom. The molecular weight excluding hydrogens is 304 g/mol. The van der Waals surface area contributed by atoms with Crippen molar-refractivity contribution in [3.8, 4) is 0 Å². The maximum Gasteiger partial charge on any atom is 0.0914 e. The molecule has 1 fully saturated rings. The molecule has 3 nitrogen and oxygen atoms in total. The standard InChI is InChI=1S/C15H23BrN2O/c1-2-18-7-6-12(11-18)9-17-10-15(19)13-4-3-5-14(16)8-13/h3-5,8,12,15,17,19H,2,6-7,9-11H2,1H3. The first-order valence-electron chi connectivity index (χ1n) is 7.05. The Bertz CT molecular complexity index is 399. The van der Waals surface area contributed by atoms with Gasteiger partial charge in [-0.05, 0) is 49.7 Å². The topological polar surface area (TPSA) is 35.5 Å². The van der Waals surface area contributed by atoms with E-state index in [1.165, 1.54) is 19.5 Å². The summed E-state index contributed by atoms with van der Waals surface area (Å²) in [6.07, 6.45) is 0.842. The van der Waals surface area contributed by atoms with Crippen LogP contribution in [0.1, 0.15) is 25.0 Å². The van der Waals surface area contributed by atoms with Crippen LogP contribution in [-0.4, -0.2) is 42.7 Å². The second-order valence-corrected chi connectivity index (χ2v) is 6.19. The number of halogens is 1. The molecular formula is C15H23BrN2O. The first kappa shape index (κ1) is 15.0. The van der Waals surface area contributed by atoms with Gasteiger partial charge in [0.05, 0.1) is 6.10 Å². The van der Waals surface area contributed by atoms with Crippen molar-refractivity contribution < 1.29 is 5.11 Å². The van der Waals surface area contributed by atoms with Gasteiger partial charge in [0.1, 0.15) is 0 Å². The van der Waals surface area contributed by atoms with E-state index in [4.69, 9.17) is 0 Å². The molecule has 0 radical (unpaired) electrons. The molecule has 2 rings (SSSR count). The Hall–Kier alpha value is -0.420. The van der Waals surface area contributed by atoms with E-state index in [0.717, 1.165) is 29.0 Å². The average molecular weight is 327 g/mol. The fourth-order valence-corrected chi connectivity index (χ4v) is 3.04. The number of aliphatic hydroxyl groups is 1. The van der Waals surface area contributed by atoms with E-state index in [-0.39, 0.29) is 0 Å². The van der Waals surface area contributed by atoms with Crippen LogP contribution in [0.2, 0.25) is 0 Å². The molecule has 2 unspecified atom stereocenters. The summed E-state index contributed by atoms with van der Waals surface area (Å²) >= 11 is 3.43. The van der Waals surface area contributed by atoms with Crippen molar-refractivity contribution in [1.82, 2.24) is 10.2 Å². The van der Waals surface area contributed by atoms with Gasteiger partial charge in [-0.3, -0.25) is 0 Å². The third-order valence-corrected chi connectivity index (χ3v) is 4.31. The molecule has 0 aromatic heterocycles. The van der Waals surface area contributed by atoms with Gasteiger partial charge >= 0.3 is 0 Å². The number of benzene rings is 1. The summed E-state index contributed by atoms with van der Waals surface area (Å²) < 4.78 is 1.01. The lowest BCUT2D eigenvalue weighted by Crippen LogP contribution is -2.29. The van der Waals surface area contributed by atoms with Gasteiger partial charge in [0.25, 0.3) is 0 Å². The Labute approximate surface area is 124 Å². The van der Waals surface area contributed by atoms with Gasteiger partial charge in [0.2, 0.25) is 0 Å². The average Bonchev–Trinajstić information content (AvgIpc) is 2.86. The van der Waals surface area contributed by atoms with Crippen molar-refractivity contribution in [3.63, 3.8) is 0 Å². The van der Waals surface area contributed by atoms with E-state index in [0.29, 0.717) is 6.54 Å². The van der Waals surface area contributed by atoms with E-state index in [2.05, 4.69) is 33.1 Å². The summed E-state index contributed by atoms with van der Waals surface area (Å²) in [5.74, 6) is 0.731. The SMILES string of the molecule is CCN1CCC(CNCC(O)c2cccc(Br)c2)C1. The van der Waals surface area contributed by atoms with Gasteiger partial charge in [-0.2, -0.15) is 0 Å². The molecule has 1 aliphatic rings. The summed E-state index contributed by atoms with van der Waals surface area (Å²) in [7, 11) is 0. The maximum atomic E-state index is 10.1. The minimum absolute atomic E-state index is 0.429. The summed E-state index contributed by atoms with van der Waals surface area (Å²) in [4.78, 5) is 2.48. The van der Waals surface area contributed by atoms with Crippen molar-refractivity contribution in [2.75, 3.05) is 32.7 Å². The lowest BCUT2D eigenvalue weighted by atomic mass is 10.1. The molecule has 0 bridgehead atoms. The Balaban J connectivity index is 1.71. The predicted octanol–water partition coefficient (Wildman–Crippen LogP) is 2.41. The second kappa shape index (κ2) is 7.39. The van der Waals surface area contributed by atoms with Crippen LogP contribution in [0.25, 0.3) is 0 Å². The highest BCUT2D eigenvalue weighted by Crippen LogP contribution is 2.18. The molecule has 0 aliphatic carbocycles. The zero-order valence-corrected chi connectivity index (χ0v) is 13.1. The van der Waals surface area contributed by atoms with Crippen molar-refractivity contribution in [3.05, 3.63) is 34.3 Å². The quantitative estimate of drug-likeness (QED) is 0.842. The molecule has 1 aromatic rings. The van der Waals surface area contributed by atoms with Crippen LogP contribution in [0.15, 0.2) is 28.7 Å². The summed E-state index contributed by atoms with van der Waals surface area (Å²) in [6, 6.07) is 7.87. The molecule has 1 heterocycles. The maximum absolute atomic E-state index is 10.1. The van der Waals surface area contributed by atoms with Gasteiger partial charge in [0, 0.05) is 17.6 Å². The number of hydrogen-bond acceptors (Lipinski definition) is 3. The van der Waals surface area contributed by atoms with Gasteiger partial charge < -0.3 is 15.3 Å². The van der Waals surface area contributed by atoms with Crippen molar-refractivity contribution in [1.29, 1.82) is 0 Å². The smallest absolute Gasteiger partial charge is 0.0914 e. The van der Waals surface area contributed by atoms with E-state index < -0.39 is 6.10 Å². The summed E-state index contributed by atoms with van der Waals surface area (Å²) in [6.45, 7) is 7.40. The minimum atomic E-state index is -0.429. The van der Waals surface area contributed by atoms with E-state index in [1.54, 1.807) is 0 Å². The van der Waals surface area contributed by atoms with Crippen molar-refractivity contribution in [2.24, 2.45) is 5.92 Å². The van der Waals surface area contributed by atoms with Gasteiger partial charge in [-0.15, -0.1) is 0 Å². The van der Waals surface area contributed by atoms with E-state index in [1.807, 2.05) is 24.3 Å². The first-order valence-corrected chi connectivity index (χ1v) is 7.85. The van der Waals surface area contributed by atoms with Crippen LogP contribution >= 0.6 is 15.9 Å². The monoisotopic (exact) mass is 326 g/mol. The molecule has 2 atom stereocenters. The van der Waals surface area contributed by atoms with Crippen LogP contribution in [-0.2, 0) is 0 Å².